The molecule has 72 valence electrons. The van der Waals surface area contributed by atoms with E-state index < -0.39 is 5.82 Å². The minimum Gasteiger partial charge on any atom is -0.319 e. The van der Waals surface area contributed by atoms with Crippen molar-refractivity contribution in [1.29, 1.82) is 0 Å². The molecule has 0 aliphatic rings. The summed E-state index contributed by atoms with van der Waals surface area (Å²) in [6.45, 7) is 1.56. The predicted octanol–water partition coefficient (Wildman–Crippen LogP) is 2.02. The Morgan fingerprint density at radius 1 is 1.50 bits per heavy atom. The minimum atomic E-state index is -0.543. The molecule has 0 saturated carbocycles. The molecule has 1 aromatic heterocycles. The van der Waals surface area contributed by atoms with Crippen LogP contribution in [0.15, 0.2) is 16.9 Å². The topological polar surface area (TPSA) is 45.8 Å². The van der Waals surface area contributed by atoms with Crippen molar-refractivity contribution in [2.45, 2.75) is 6.92 Å². The van der Waals surface area contributed by atoms with E-state index in [1.165, 1.54) is 12.1 Å². The summed E-state index contributed by atoms with van der Waals surface area (Å²) in [5.41, 5.74) is 0.843. The van der Waals surface area contributed by atoms with Crippen LogP contribution >= 0.6 is 11.6 Å². The average molecular weight is 213 g/mol. The number of hydrogen-bond donors (Lipinski definition) is 1. The Bertz CT molecular complexity index is 564. The maximum absolute atomic E-state index is 13.0. The summed E-state index contributed by atoms with van der Waals surface area (Å²) in [4.78, 5) is 17.7. The van der Waals surface area contributed by atoms with Crippen molar-refractivity contribution in [3.05, 3.63) is 39.0 Å². The van der Waals surface area contributed by atoms with Gasteiger partial charge in [-0.05, 0) is 13.0 Å². The molecule has 0 amide bonds. The Balaban J connectivity index is 2.90. The zero-order chi connectivity index (χ0) is 10.3. The summed E-state index contributed by atoms with van der Waals surface area (Å²) in [6, 6.07) is 2.54. The van der Waals surface area contributed by atoms with Gasteiger partial charge < -0.3 is 4.98 Å². The number of aromatic nitrogens is 2. The van der Waals surface area contributed by atoms with Crippen molar-refractivity contribution in [3.8, 4) is 0 Å². The van der Waals surface area contributed by atoms with Gasteiger partial charge in [-0.1, -0.05) is 11.6 Å². The van der Waals surface area contributed by atoms with Gasteiger partial charge in [0.25, 0.3) is 5.56 Å². The van der Waals surface area contributed by atoms with E-state index >= 15 is 0 Å². The van der Waals surface area contributed by atoms with E-state index in [0.717, 1.165) is 0 Å². The normalized spacial score (nSPS) is 10.8. The Kier molecular flexibility index (Phi) is 2.00. The van der Waals surface area contributed by atoms with Crippen LogP contribution in [-0.2, 0) is 0 Å². The fourth-order valence-corrected chi connectivity index (χ4v) is 1.34. The molecule has 0 fully saturated rings. The third kappa shape index (κ3) is 1.37. The first-order chi connectivity index (χ1) is 6.58. The van der Waals surface area contributed by atoms with Crippen molar-refractivity contribution in [1.82, 2.24) is 9.97 Å². The van der Waals surface area contributed by atoms with Crippen molar-refractivity contribution >= 4 is 22.6 Å². The third-order valence-corrected chi connectivity index (χ3v) is 2.19. The van der Waals surface area contributed by atoms with Gasteiger partial charge >= 0.3 is 0 Å². The van der Waals surface area contributed by atoms with Gasteiger partial charge in [0.15, 0.2) is 0 Å². The minimum absolute atomic E-state index is 0.0289. The van der Waals surface area contributed by atoms with Gasteiger partial charge in [-0.2, -0.15) is 0 Å². The molecule has 1 aromatic carbocycles. The van der Waals surface area contributed by atoms with Crippen LogP contribution in [0, 0.1) is 12.7 Å². The van der Waals surface area contributed by atoms with Crippen molar-refractivity contribution in [2.75, 3.05) is 0 Å². The summed E-state index contributed by atoms with van der Waals surface area (Å²) >= 11 is 5.55. The van der Waals surface area contributed by atoms with E-state index in [9.17, 15) is 9.18 Å². The third-order valence-electron chi connectivity index (χ3n) is 1.90. The molecular formula is C9H6ClFN2O. The molecule has 3 nitrogen and oxygen atoms in total. The van der Waals surface area contributed by atoms with Crippen LogP contribution in [0.2, 0.25) is 5.02 Å². The molecular weight excluding hydrogens is 207 g/mol. The summed E-state index contributed by atoms with van der Waals surface area (Å²) in [6.07, 6.45) is 0. The number of aryl methyl sites for hydroxylation is 1. The fourth-order valence-electron chi connectivity index (χ4n) is 1.17. The highest BCUT2D eigenvalue weighted by molar-refractivity contribution is 6.31. The lowest BCUT2D eigenvalue weighted by molar-refractivity contribution is 0.629. The lowest BCUT2D eigenvalue weighted by Gasteiger charge is -2.00. The van der Waals surface area contributed by atoms with Gasteiger partial charge in [0, 0.05) is 6.07 Å². The van der Waals surface area contributed by atoms with Crippen LogP contribution in [0.5, 0.6) is 0 Å². The second-order valence-electron chi connectivity index (χ2n) is 2.93. The molecule has 2 rings (SSSR count). The molecule has 0 aliphatic carbocycles. The molecule has 0 spiro atoms. The molecule has 0 bridgehead atoms. The van der Waals surface area contributed by atoms with Gasteiger partial charge in [-0.3, -0.25) is 4.79 Å². The average Bonchev–Trinajstić information content (AvgIpc) is 2.11. The molecule has 0 unspecified atom stereocenters. The second-order valence-corrected chi connectivity index (χ2v) is 3.34. The zero-order valence-corrected chi connectivity index (χ0v) is 8.02. The highest BCUT2D eigenvalue weighted by atomic mass is 35.5. The zero-order valence-electron chi connectivity index (χ0n) is 7.27. The number of fused-ring (bicyclic) bond motifs is 1. The molecule has 0 radical (unpaired) electrons. The first-order valence-electron chi connectivity index (χ1n) is 3.93. The molecule has 0 saturated heterocycles. The predicted molar refractivity (Wildman–Crippen MR) is 52.1 cm³/mol. The van der Waals surface area contributed by atoms with Gasteiger partial charge in [0.1, 0.15) is 11.5 Å². The molecule has 2 aromatic rings. The van der Waals surface area contributed by atoms with Gasteiger partial charge in [-0.15, -0.1) is 0 Å². The number of hydrogen-bond acceptors (Lipinski definition) is 2. The SMILES string of the molecule is Cc1nc2cc(F)c(Cl)cc2[nH]c1=O. The first kappa shape index (κ1) is 9.15. The lowest BCUT2D eigenvalue weighted by Crippen LogP contribution is -2.11. The molecule has 0 aliphatic heterocycles. The number of halogens is 2. The van der Waals surface area contributed by atoms with E-state index in [1.54, 1.807) is 6.92 Å². The van der Waals surface area contributed by atoms with Gasteiger partial charge in [-0.25, -0.2) is 9.37 Å². The van der Waals surface area contributed by atoms with Gasteiger partial charge in [0.05, 0.1) is 16.1 Å². The molecule has 0 atom stereocenters. The van der Waals surface area contributed by atoms with Crippen LogP contribution in [0.3, 0.4) is 0 Å². The van der Waals surface area contributed by atoms with Gasteiger partial charge in [0.2, 0.25) is 0 Å². The van der Waals surface area contributed by atoms with Crippen molar-refractivity contribution < 1.29 is 4.39 Å². The number of nitrogens with one attached hydrogen (secondary N) is 1. The monoisotopic (exact) mass is 212 g/mol. The van der Waals surface area contributed by atoms with Crippen LogP contribution in [-0.4, -0.2) is 9.97 Å². The van der Waals surface area contributed by atoms with E-state index in [1.807, 2.05) is 0 Å². The van der Waals surface area contributed by atoms with E-state index in [2.05, 4.69) is 9.97 Å². The fraction of sp³-hybridized carbons (Fsp3) is 0.111. The number of nitrogens with zero attached hydrogens (tertiary/aromatic N) is 1. The molecule has 1 heterocycles. The Labute approximate surface area is 83.5 Å². The maximum atomic E-state index is 13.0. The highest BCUT2D eigenvalue weighted by Crippen LogP contribution is 2.19. The number of aromatic amines is 1. The quantitative estimate of drug-likeness (QED) is 0.726. The number of rotatable bonds is 0. The van der Waals surface area contributed by atoms with Crippen LogP contribution in [0.1, 0.15) is 5.69 Å². The highest BCUT2D eigenvalue weighted by Gasteiger charge is 2.05. The Morgan fingerprint density at radius 3 is 2.93 bits per heavy atom. The summed E-state index contributed by atoms with van der Waals surface area (Å²) < 4.78 is 13.0. The van der Waals surface area contributed by atoms with Crippen LogP contribution in [0.4, 0.5) is 4.39 Å². The Morgan fingerprint density at radius 2 is 2.21 bits per heavy atom. The van der Waals surface area contributed by atoms with Crippen LogP contribution in [0.25, 0.3) is 11.0 Å². The largest absolute Gasteiger partial charge is 0.319 e. The smallest absolute Gasteiger partial charge is 0.269 e. The standard InChI is InChI=1S/C9H6ClFN2O/c1-4-9(14)13-7-2-5(10)6(11)3-8(7)12-4/h2-3H,1H3,(H,13,14). The summed E-state index contributed by atoms with van der Waals surface area (Å²) in [5.74, 6) is -0.543. The summed E-state index contributed by atoms with van der Waals surface area (Å²) in [5, 5.41) is -0.0289. The molecule has 14 heavy (non-hydrogen) atoms. The van der Waals surface area contributed by atoms with E-state index in [0.29, 0.717) is 16.7 Å². The van der Waals surface area contributed by atoms with E-state index in [4.69, 9.17) is 11.6 Å². The van der Waals surface area contributed by atoms with Crippen molar-refractivity contribution in [2.24, 2.45) is 0 Å². The van der Waals surface area contributed by atoms with E-state index in [-0.39, 0.29) is 10.6 Å². The van der Waals surface area contributed by atoms with Crippen LogP contribution < -0.4 is 5.56 Å². The number of H-pyrrole nitrogens is 1. The van der Waals surface area contributed by atoms with Crippen molar-refractivity contribution in [3.63, 3.8) is 0 Å². The Hall–Kier alpha value is -1.42. The lowest BCUT2D eigenvalue weighted by atomic mass is 10.3. The molecule has 1 N–H and O–H groups in total. The number of benzene rings is 1. The second kappa shape index (κ2) is 3.06. The first-order valence-corrected chi connectivity index (χ1v) is 4.31. The molecule has 5 heteroatoms. The summed E-state index contributed by atoms with van der Waals surface area (Å²) in [7, 11) is 0. The maximum Gasteiger partial charge on any atom is 0.269 e.